The highest BCUT2D eigenvalue weighted by atomic mass is 16.5. The minimum atomic E-state index is -0.759. The summed E-state index contributed by atoms with van der Waals surface area (Å²) >= 11 is 0. The molecule has 3 nitrogen and oxygen atoms in total. The molecule has 0 aliphatic carbocycles. The van der Waals surface area contributed by atoms with Gasteiger partial charge in [0.2, 0.25) is 0 Å². The third kappa shape index (κ3) is 3.72. The van der Waals surface area contributed by atoms with Crippen LogP contribution in [0.15, 0.2) is 6.07 Å². The van der Waals surface area contributed by atoms with E-state index in [1.807, 2.05) is 20.8 Å². The molecule has 0 spiro atoms. The molecule has 1 rings (SSSR count). The van der Waals surface area contributed by atoms with Crippen molar-refractivity contribution in [2.75, 3.05) is 7.11 Å². The zero-order valence-electron chi connectivity index (χ0n) is 12.8. The number of carbonyl (C=O) groups is 1. The SMILES string of the molecule is COc1c(C)c(C)cc(C)c1CC(C)(C)CC(=O)O. The van der Waals surface area contributed by atoms with Crippen LogP contribution in [0.2, 0.25) is 0 Å². The molecule has 0 radical (unpaired) electrons. The zero-order chi connectivity index (χ0) is 14.8. The van der Waals surface area contributed by atoms with Gasteiger partial charge >= 0.3 is 5.97 Å². The molecule has 1 aromatic carbocycles. The van der Waals surface area contributed by atoms with Crippen LogP contribution in [0, 0.1) is 26.2 Å². The Morgan fingerprint density at radius 2 is 1.84 bits per heavy atom. The molecule has 0 aromatic heterocycles. The lowest BCUT2D eigenvalue weighted by atomic mass is 9.80. The van der Waals surface area contributed by atoms with Gasteiger partial charge in [0.15, 0.2) is 0 Å². The second-order valence-electron chi connectivity index (χ2n) is 6.06. The first-order chi connectivity index (χ1) is 8.68. The molecule has 0 atom stereocenters. The fraction of sp³-hybridized carbons (Fsp3) is 0.562. The Kier molecular flexibility index (Phi) is 4.61. The van der Waals surface area contributed by atoms with E-state index in [0.717, 1.165) is 16.9 Å². The molecule has 0 aliphatic heterocycles. The van der Waals surface area contributed by atoms with Gasteiger partial charge in [-0.25, -0.2) is 0 Å². The first-order valence-electron chi connectivity index (χ1n) is 6.53. The number of ether oxygens (including phenoxy) is 1. The van der Waals surface area contributed by atoms with Crippen molar-refractivity contribution in [3.8, 4) is 5.75 Å². The molecule has 0 fully saturated rings. The Hall–Kier alpha value is -1.51. The van der Waals surface area contributed by atoms with Crippen molar-refractivity contribution in [2.45, 2.75) is 47.5 Å². The highest BCUT2D eigenvalue weighted by Crippen LogP contribution is 2.35. The minimum Gasteiger partial charge on any atom is -0.496 e. The summed E-state index contributed by atoms with van der Waals surface area (Å²) in [5.41, 5.74) is 4.34. The van der Waals surface area contributed by atoms with Crippen LogP contribution in [0.25, 0.3) is 0 Å². The number of benzene rings is 1. The van der Waals surface area contributed by atoms with E-state index in [0.29, 0.717) is 6.42 Å². The topological polar surface area (TPSA) is 46.5 Å². The minimum absolute atomic E-state index is 0.155. The van der Waals surface area contributed by atoms with E-state index in [1.165, 1.54) is 11.1 Å². The highest BCUT2D eigenvalue weighted by molar-refractivity contribution is 5.67. The number of rotatable bonds is 5. The van der Waals surface area contributed by atoms with Crippen LogP contribution in [0.3, 0.4) is 0 Å². The van der Waals surface area contributed by atoms with Crippen LogP contribution < -0.4 is 4.74 Å². The Bertz CT molecular complexity index is 487. The van der Waals surface area contributed by atoms with Crippen molar-refractivity contribution in [1.82, 2.24) is 0 Å². The molecule has 0 bridgehead atoms. The van der Waals surface area contributed by atoms with Crippen LogP contribution in [0.5, 0.6) is 5.75 Å². The fourth-order valence-corrected chi connectivity index (χ4v) is 2.55. The number of carboxylic acid groups (broad SMARTS) is 1. The van der Waals surface area contributed by atoms with Crippen LogP contribution in [-0.4, -0.2) is 18.2 Å². The maximum atomic E-state index is 10.9. The molecule has 1 aromatic rings. The molecular weight excluding hydrogens is 240 g/mol. The van der Waals surface area contributed by atoms with Gasteiger partial charge in [-0.1, -0.05) is 19.9 Å². The quantitative estimate of drug-likeness (QED) is 0.882. The summed E-state index contributed by atoms with van der Waals surface area (Å²) < 4.78 is 5.54. The van der Waals surface area contributed by atoms with Crippen LogP contribution in [0.4, 0.5) is 0 Å². The van der Waals surface area contributed by atoms with E-state index in [2.05, 4.69) is 19.9 Å². The standard InChI is InChI=1S/C16H24O3/c1-10-7-11(2)13(15(19-6)12(10)3)8-16(4,5)9-14(17)18/h7H,8-9H2,1-6H3,(H,17,18). The van der Waals surface area contributed by atoms with E-state index in [9.17, 15) is 4.79 Å². The van der Waals surface area contributed by atoms with Gasteiger partial charge < -0.3 is 9.84 Å². The molecule has 0 saturated carbocycles. The van der Waals surface area contributed by atoms with Crippen molar-refractivity contribution >= 4 is 5.97 Å². The average molecular weight is 264 g/mol. The van der Waals surface area contributed by atoms with Gasteiger partial charge in [-0.3, -0.25) is 4.79 Å². The summed E-state index contributed by atoms with van der Waals surface area (Å²) in [6.45, 7) is 10.1. The number of aryl methyl sites for hydroxylation is 2. The van der Waals surface area contributed by atoms with Gasteiger partial charge in [-0.2, -0.15) is 0 Å². The predicted octanol–water partition coefficient (Wildman–Crippen LogP) is 3.66. The molecule has 0 aliphatic rings. The molecule has 106 valence electrons. The number of aliphatic carboxylic acids is 1. The van der Waals surface area contributed by atoms with Crippen molar-refractivity contribution in [1.29, 1.82) is 0 Å². The zero-order valence-corrected chi connectivity index (χ0v) is 12.8. The summed E-state index contributed by atoms with van der Waals surface area (Å²) in [6.07, 6.45) is 0.859. The van der Waals surface area contributed by atoms with E-state index >= 15 is 0 Å². The largest absolute Gasteiger partial charge is 0.496 e. The molecule has 1 N–H and O–H groups in total. The first-order valence-corrected chi connectivity index (χ1v) is 6.53. The lowest BCUT2D eigenvalue weighted by molar-refractivity contribution is -0.139. The summed E-state index contributed by atoms with van der Waals surface area (Å²) in [7, 11) is 1.68. The molecular formula is C16H24O3. The molecule has 19 heavy (non-hydrogen) atoms. The Morgan fingerprint density at radius 1 is 1.26 bits per heavy atom. The maximum Gasteiger partial charge on any atom is 0.303 e. The van der Waals surface area contributed by atoms with E-state index in [4.69, 9.17) is 9.84 Å². The summed E-state index contributed by atoms with van der Waals surface area (Å²) in [6, 6.07) is 2.14. The van der Waals surface area contributed by atoms with Gasteiger partial charge in [-0.15, -0.1) is 0 Å². The van der Waals surface area contributed by atoms with Gasteiger partial charge in [-0.05, 0) is 54.9 Å². The van der Waals surface area contributed by atoms with E-state index < -0.39 is 5.97 Å². The summed E-state index contributed by atoms with van der Waals surface area (Å²) in [4.78, 5) is 10.9. The van der Waals surface area contributed by atoms with Crippen LogP contribution in [0.1, 0.15) is 42.5 Å². The van der Waals surface area contributed by atoms with Crippen molar-refractivity contribution in [2.24, 2.45) is 5.41 Å². The molecule has 0 unspecified atom stereocenters. The molecule has 0 heterocycles. The normalized spacial score (nSPS) is 11.5. The molecule has 0 amide bonds. The summed E-state index contributed by atoms with van der Waals surface area (Å²) in [5, 5.41) is 8.99. The van der Waals surface area contributed by atoms with Crippen LogP contribution in [-0.2, 0) is 11.2 Å². The third-order valence-corrected chi connectivity index (χ3v) is 3.60. The average Bonchev–Trinajstić information content (AvgIpc) is 2.24. The fourth-order valence-electron chi connectivity index (χ4n) is 2.55. The Labute approximate surface area is 115 Å². The second-order valence-corrected chi connectivity index (χ2v) is 6.06. The highest BCUT2D eigenvalue weighted by Gasteiger charge is 2.25. The van der Waals surface area contributed by atoms with Gasteiger partial charge in [0.1, 0.15) is 5.75 Å². The van der Waals surface area contributed by atoms with Gasteiger partial charge in [0, 0.05) is 0 Å². The molecule has 3 heteroatoms. The number of hydrogen-bond donors (Lipinski definition) is 1. The Morgan fingerprint density at radius 3 is 2.32 bits per heavy atom. The number of methoxy groups -OCH3 is 1. The van der Waals surface area contributed by atoms with Gasteiger partial charge in [0.25, 0.3) is 0 Å². The van der Waals surface area contributed by atoms with Crippen molar-refractivity contribution < 1.29 is 14.6 Å². The maximum absolute atomic E-state index is 10.9. The smallest absolute Gasteiger partial charge is 0.303 e. The lowest BCUT2D eigenvalue weighted by Gasteiger charge is -2.26. The third-order valence-electron chi connectivity index (χ3n) is 3.60. The summed E-state index contributed by atoms with van der Waals surface area (Å²) in [5.74, 6) is 0.140. The van der Waals surface area contributed by atoms with E-state index in [-0.39, 0.29) is 11.8 Å². The van der Waals surface area contributed by atoms with E-state index in [1.54, 1.807) is 7.11 Å². The van der Waals surface area contributed by atoms with Crippen molar-refractivity contribution in [3.63, 3.8) is 0 Å². The first kappa shape index (κ1) is 15.5. The number of hydrogen-bond acceptors (Lipinski definition) is 2. The number of carboxylic acids is 1. The Balaban J connectivity index is 3.20. The van der Waals surface area contributed by atoms with Crippen LogP contribution >= 0.6 is 0 Å². The predicted molar refractivity (Wildman–Crippen MR) is 76.9 cm³/mol. The molecule has 0 saturated heterocycles. The van der Waals surface area contributed by atoms with Gasteiger partial charge in [0.05, 0.1) is 13.5 Å². The lowest BCUT2D eigenvalue weighted by Crippen LogP contribution is -2.21. The van der Waals surface area contributed by atoms with Crippen molar-refractivity contribution in [3.05, 3.63) is 28.3 Å². The second kappa shape index (κ2) is 5.64. The monoisotopic (exact) mass is 264 g/mol.